The molecule has 0 atom stereocenters. The SMILES string of the molecule is COc1ccccc1NC(=O)c1c(NC(=O)CCC(=O)O)sc2c1CCCC2. The Labute approximate surface area is 166 Å². The Morgan fingerprint density at radius 3 is 2.61 bits per heavy atom. The van der Waals surface area contributed by atoms with Gasteiger partial charge in [-0.3, -0.25) is 14.4 Å². The molecule has 2 aromatic rings. The third kappa shape index (κ3) is 4.51. The summed E-state index contributed by atoms with van der Waals surface area (Å²) in [6.07, 6.45) is 3.31. The maximum absolute atomic E-state index is 13.1. The second-order valence-corrected chi connectivity index (χ2v) is 7.62. The van der Waals surface area contributed by atoms with E-state index in [-0.39, 0.29) is 18.7 Å². The molecule has 1 aromatic carbocycles. The number of ether oxygens (including phenoxy) is 1. The lowest BCUT2D eigenvalue weighted by molar-refractivity contribution is -0.138. The Hall–Kier alpha value is -2.87. The number of hydrogen-bond acceptors (Lipinski definition) is 5. The highest BCUT2D eigenvalue weighted by molar-refractivity contribution is 7.17. The van der Waals surface area contributed by atoms with Crippen molar-refractivity contribution in [1.29, 1.82) is 0 Å². The van der Waals surface area contributed by atoms with Gasteiger partial charge >= 0.3 is 5.97 Å². The van der Waals surface area contributed by atoms with Crippen LogP contribution in [-0.2, 0) is 22.4 Å². The van der Waals surface area contributed by atoms with E-state index in [1.54, 1.807) is 18.2 Å². The fraction of sp³-hybridized carbons (Fsp3) is 0.350. The van der Waals surface area contributed by atoms with Crippen molar-refractivity contribution in [1.82, 2.24) is 0 Å². The minimum atomic E-state index is -1.03. The number of para-hydroxylation sites is 2. The van der Waals surface area contributed by atoms with Gasteiger partial charge in [0.1, 0.15) is 10.8 Å². The van der Waals surface area contributed by atoms with Crippen LogP contribution in [-0.4, -0.2) is 30.0 Å². The van der Waals surface area contributed by atoms with Crippen LogP contribution < -0.4 is 15.4 Å². The van der Waals surface area contributed by atoms with Crippen molar-refractivity contribution in [2.45, 2.75) is 38.5 Å². The zero-order valence-corrected chi connectivity index (χ0v) is 16.4. The molecule has 0 saturated heterocycles. The summed E-state index contributed by atoms with van der Waals surface area (Å²) >= 11 is 1.40. The van der Waals surface area contributed by atoms with Crippen LogP contribution in [0.2, 0.25) is 0 Å². The van der Waals surface area contributed by atoms with Gasteiger partial charge in [0.05, 0.1) is 24.8 Å². The van der Waals surface area contributed by atoms with Crippen LogP contribution in [0.15, 0.2) is 24.3 Å². The van der Waals surface area contributed by atoms with E-state index in [1.807, 2.05) is 6.07 Å². The zero-order valence-electron chi connectivity index (χ0n) is 15.5. The summed E-state index contributed by atoms with van der Waals surface area (Å²) < 4.78 is 5.29. The lowest BCUT2D eigenvalue weighted by atomic mass is 9.95. The number of nitrogens with one attached hydrogen (secondary N) is 2. The molecule has 1 heterocycles. The molecule has 1 aliphatic rings. The maximum atomic E-state index is 13.1. The first kappa shape index (κ1) is 19.9. The lowest BCUT2D eigenvalue weighted by Crippen LogP contribution is -2.19. The number of hydrogen-bond donors (Lipinski definition) is 3. The molecule has 2 amide bonds. The molecule has 3 rings (SSSR count). The quantitative estimate of drug-likeness (QED) is 0.655. The monoisotopic (exact) mass is 402 g/mol. The molecule has 0 fully saturated rings. The molecule has 28 heavy (non-hydrogen) atoms. The van der Waals surface area contributed by atoms with Gasteiger partial charge in [0, 0.05) is 11.3 Å². The van der Waals surface area contributed by atoms with Crippen LogP contribution in [0.25, 0.3) is 0 Å². The van der Waals surface area contributed by atoms with Gasteiger partial charge in [-0.2, -0.15) is 0 Å². The molecule has 148 valence electrons. The van der Waals surface area contributed by atoms with Gasteiger partial charge < -0.3 is 20.5 Å². The topological polar surface area (TPSA) is 105 Å². The number of thiophene rings is 1. The third-order valence-corrected chi connectivity index (χ3v) is 5.78. The summed E-state index contributed by atoms with van der Waals surface area (Å²) in [4.78, 5) is 37.0. The van der Waals surface area contributed by atoms with E-state index < -0.39 is 11.9 Å². The van der Waals surface area contributed by atoms with E-state index in [0.29, 0.717) is 22.0 Å². The molecule has 7 nitrogen and oxygen atoms in total. The molecule has 1 aromatic heterocycles. The van der Waals surface area contributed by atoms with E-state index in [2.05, 4.69) is 10.6 Å². The number of aliphatic carboxylic acids is 1. The summed E-state index contributed by atoms with van der Waals surface area (Å²) in [6, 6.07) is 7.12. The van der Waals surface area contributed by atoms with Gasteiger partial charge in [0.2, 0.25) is 5.91 Å². The number of amides is 2. The first-order valence-electron chi connectivity index (χ1n) is 9.10. The normalized spacial score (nSPS) is 12.8. The predicted molar refractivity (Wildman–Crippen MR) is 107 cm³/mol. The fourth-order valence-corrected chi connectivity index (χ4v) is 4.54. The highest BCUT2D eigenvalue weighted by Gasteiger charge is 2.27. The highest BCUT2D eigenvalue weighted by Crippen LogP contribution is 2.39. The number of rotatable bonds is 7. The number of anilines is 2. The van der Waals surface area contributed by atoms with Crippen LogP contribution in [0.1, 0.15) is 46.5 Å². The number of carbonyl (C=O) groups is 3. The van der Waals surface area contributed by atoms with Crippen molar-refractivity contribution in [2.24, 2.45) is 0 Å². The molecule has 0 saturated carbocycles. The molecule has 0 radical (unpaired) electrons. The van der Waals surface area contributed by atoms with Gasteiger partial charge in [-0.1, -0.05) is 12.1 Å². The van der Waals surface area contributed by atoms with Crippen molar-refractivity contribution in [3.8, 4) is 5.75 Å². The number of carbonyl (C=O) groups excluding carboxylic acids is 2. The first-order chi connectivity index (χ1) is 13.5. The molecular weight excluding hydrogens is 380 g/mol. The summed E-state index contributed by atoms with van der Waals surface area (Å²) in [5, 5.41) is 14.9. The molecule has 0 aliphatic heterocycles. The zero-order chi connectivity index (χ0) is 20.1. The molecule has 0 spiro atoms. The smallest absolute Gasteiger partial charge is 0.303 e. The summed E-state index contributed by atoms with van der Waals surface area (Å²) in [5.41, 5.74) is 1.99. The molecule has 1 aliphatic carbocycles. The highest BCUT2D eigenvalue weighted by atomic mass is 32.1. The number of benzene rings is 1. The Bertz CT molecular complexity index is 906. The van der Waals surface area contributed by atoms with Gasteiger partial charge in [-0.05, 0) is 43.4 Å². The second kappa shape index (κ2) is 8.88. The van der Waals surface area contributed by atoms with Crippen molar-refractivity contribution < 1.29 is 24.2 Å². The fourth-order valence-electron chi connectivity index (χ4n) is 3.24. The minimum Gasteiger partial charge on any atom is -0.495 e. The number of aryl methyl sites for hydroxylation is 1. The minimum absolute atomic E-state index is 0.133. The summed E-state index contributed by atoms with van der Waals surface area (Å²) in [5.74, 6) is -1.20. The van der Waals surface area contributed by atoms with E-state index in [9.17, 15) is 14.4 Å². The van der Waals surface area contributed by atoms with Crippen LogP contribution in [0.3, 0.4) is 0 Å². The van der Waals surface area contributed by atoms with Crippen LogP contribution in [0, 0.1) is 0 Å². The van der Waals surface area contributed by atoms with Crippen molar-refractivity contribution in [3.63, 3.8) is 0 Å². The number of carboxylic acid groups (broad SMARTS) is 1. The van der Waals surface area contributed by atoms with E-state index in [1.165, 1.54) is 18.4 Å². The Balaban J connectivity index is 1.87. The van der Waals surface area contributed by atoms with Crippen LogP contribution in [0.5, 0.6) is 5.75 Å². The summed E-state index contributed by atoms with van der Waals surface area (Å²) in [7, 11) is 1.53. The molecule has 8 heteroatoms. The number of methoxy groups -OCH3 is 1. The Kier molecular flexibility index (Phi) is 6.30. The van der Waals surface area contributed by atoms with Crippen molar-refractivity contribution in [3.05, 3.63) is 40.3 Å². The van der Waals surface area contributed by atoms with Gasteiger partial charge in [-0.15, -0.1) is 11.3 Å². The Morgan fingerprint density at radius 1 is 1.11 bits per heavy atom. The average Bonchev–Trinajstić information content (AvgIpc) is 3.04. The van der Waals surface area contributed by atoms with Gasteiger partial charge in [0.25, 0.3) is 5.91 Å². The van der Waals surface area contributed by atoms with E-state index in [0.717, 1.165) is 36.1 Å². The molecule has 0 bridgehead atoms. The molecule has 0 unspecified atom stereocenters. The second-order valence-electron chi connectivity index (χ2n) is 6.51. The van der Waals surface area contributed by atoms with Crippen LogP contribution in [0.4, 0.5) is 10.7 Å². The lowest BCUT2D eigenvalue weighted by Gasteiger charge is -2.14. The van der Waals surface area contributed by atoms with Crippen molar-refractivity contribution >= 4 is 39.8 Å². The third-order valence-electron chi connectivity index (χ3n) is 4.57. The summed E-state index contributed by atoms with van der Waals surface area (Å²) in [6.45, 7) is 0. The standard InChI is InChI=1S/C20H22N2O5S/c1-27-14-8-4-3-7-13(14)21-19(26)18-12-6-2-5-9-15(12)28-20(18)22-16(23)10-11-17(24)25/h3-4,7-8H,2,5-6,9-11H2,1H3,(H,21,26)(H,22,23)(H,24,25). The van der Waals surface area contributed by atoms with Gasteiger partial charge in [0.15, 0.2) is 0 Å². The molecular formula is C20H22N2O5S. The largest absolute Gasteiger partial charge is 0.495 e. The maximum Gasteiger partial charge on any atom is 0.303 e. The van der Waals surface area contributed by atoms with E-state index in [4.69, 9.17) is 9.84 Å². The number of carboxylic acids is 1. The van der Waals surface area contributed by atoms with Crippen LogP contribution >= 0.6 is 11.3 Å². The first-order valence-corrected chi connectivity index (χ1v) is 9.91. The molecule has 3 N–H and O–H groups in total. The van der Waals surface area contributed by atoms with Crippen molar-refractivity contribution in [2.75, 3.05) is 17.7 Å². The number of fused-ring (bicyclic) bond motifs is 1. The van der Waals surface area contributed by atoms with Gasteiger partial charge in [-0.25, -0.2) is 0 Å². The van der Waals surface area contributed by atoms with E-state index >= 15 is 0 Å². The average molecular weight is 402 g/mol. The predicted octanol–water partition coefficient (Wildman–Crippen LogP) is 3.69. The Morgan fingerprint density at radius 2 is 1.86 bits per heavy atom.